The van der Waals surface area contributed by atoms with Crippen molar-refractivity contribution in [3.63, 3.8) is 0 Å². The summed E-state index contributed by atoms with van der Waals surface area (Å²) in [5, 5.41) is 10.1. The number of aliphatic hydroxyl groups is 1. The molecule has 0 aromatic carbocycles. The number of β-amino-alcohol motifs (C(OH)–C–C–N with tert-alkyl or cyclic N) is 1. The quantitative estimate of drug-likeness (QED) is 0.729. The Morgan fingerprint density at radius 3 is 2.23 bits per heavy atom. The lowest BCUT2D eigenvalue weighted by atomic mass is 9.91. The third kappa shape index (κ3) is 2.20. The number of hydrogen-bond acceptors (Lipinski definition) is 3. The van der Waals surface area contributed by atoms with E-state index in [1.54, 1.807) is 0 Å². The van der Waals surface area contributed by atoms with E-state index < -0.39 is 0 Å². The highest BCUT2D eigenvalue weighted by molar-refractivity contribution is 7.99. The molecule has 13 heavy (non-hydrogen) atoms. The first-order valence-corrected chi connectivity index (χ1v) is 6.53. The zero-order valence-electron chi connectivity index (χ0n) is 8.28. The van der Waals surface area contributed by atoms with Crippen molar-refractivity contribution in [2.24, 2.45) is 0 Å². The Morgan fingerprint density at radius 2 is 1.77 bits per heavy atom. The van der Waals surface area contributed by atoms with Crippen molar-refractivity contribution in [3.8, 4) is 0 Å². The first kappa shape index (κ1) is 9.81. The number of hydrogen-bond donors (Lipinski definition) is 1. The van der Waals surface area contributed by atoms with E-state index in [-0.39, 0.29) is 6.10 Å². The Kier molecular flexibility index (Phi) is 3.17. The van der Waals surface area contributed by atoms with Crippen molar-refractivity contribution >= 4 is 11.8 Å². The van der Waals surface area contributed by atoms with E-state index >= 15 is 0 Å². The highest BCUT2D eigenvalue weighted by Gasteiger charge is 2.32. The van der Waals surface area contributed by atoms with Crippen LogP contribution in [0, 0.1) is 0 Å². The molecule has 1 aliphatic heterocycles. The Balaban J connectivity index is 1.72. The Hall–Kier alpha value is 0.270. The molecule has 3 heteroatoms. The van der Waals surface area contributed by atoms with Crippen LogP contribution in [0.25, 0.3) is 0 Å². The standard InChI is InChI=1S/C10H19NOS/c1-13-10-4-2-8(3-5-10)11-6-9(12)7-11/h8-10,12H,2-7H2,1H3. The van der Waals surface area contributed by atoms with Crippen molar-refractivity contribution < 1.29 is 5.11 Å². The van der Waals surface area contributed by atoms with Gasteiger partial charge in [0.1, 0.15) is 0 Å². The summed E-state index contributed by atoms with van der Waals surface area (Å²) in [5.41, 5.74) is 0. The molecule has 1 saturated heterocycles. The third-order valence-corrected chi connectivity index (χ3v) is 4.52. The fourth-order valence-corrected chi connectivity index (χ4v) is 3.18. The lowest BCUT2D eigenvalue weighted by Gasteiger charge is -2.44. The number of rotatable bonds is 2. The monoisotopic (exact) mass is 201 g/mol. The second-order valence-corrected chi connectivity index (χ2v) is 5.41. The van der Waals surface area contributed by atoms with Crippen LogP contribution in [0.4, 0.5) is 0 Å². The summed E-state index contributed by atoms with van der Waals surface area (Å²) in [7, 11) is 0. The molecule has 1 N–H and O–H groups in total. The fourth-order valence-electron chi connectivity index (χ4n) is 2.43. The van der Waals surface area contributed by atoms with Crippen LogP contribution in [-0.2, 0) is 0 Å². The van der Waals surface area contributed by atoms with Crippen LogP contribution in [-0.4, -0.2) is 46.7 Å². The highest BCUT2D eigenvalue weighted by atomic mass is 32.2. The van der Waals surface area contributed by atoms with Gasteiger partial charge in [0.15, 0.2) is 0 Å². The molecule has 1 aliphatic carbocycles. The smallest absolute Gasteiger partial charge is 0.0794 e. The van der Waals surface area contributed by atoms with Crippen molar-refractivity contribution in [2.75, 3.05) is 19.3 Å². The van der Waals surface area contributed by atoms with Gasteiger partial charge in [0.05, 0.1) is 6.10 Å². The summed E-state index contributed by atoms with van der Waals surface area (Å²) < 4.78 is 0. The zero-order valence-corrected chi connectivity index (χ0v) is 9.09. The Labute approximate surface area is 84.7 Å². The van der Waals surface area contributed by atoms with Gasteiger partial charge in [0.25, 0.3) is 0 Å². The second-order valence-electron chi connectivity index (χ2n) is 4.27. The van der Waals surface area contributed by atoms with Gasteiger partial charge < -0.3 is 5.11 Å². The normalized spacial score (nSPS) is 37.4. The van der Waals surface area contributed by atoms with Crippen LogP contribution >= 0.6 is 11.8 Å². The van der Waals surface area contributed by atoms with E-state index in [9.17, 15) is 5.11 Å². The molecule has 2 aliphatic rings. The predicted molar refractivity (Wildman–Crippen MR) is 57.1 cm³/mol. The largest absolute Gasteiger partial charge is 0.390 e. The molecular weight excluding hydrogens is 182 g/mol. The van der Waals surface area contributed by atoms with E-state index in [1.165, 1.54) is 25.7 Å². The lowest BCUT2D eigenvalue weighted by molar-refractivity contribution is -0.0327. The molecule has 0 aromatic heterocycles. The molecule has 0 unspecified atom stereocenters. The summed E-state index contributed by atoms with van der Waals surface area (Å²) >= 11 is 2.02. The zero-order chi connectivity index (χ0) is 9.26. The molecule has 76 valence electrons. The summed E-state index contributed by atoms with van der Waals surface area (Å²) in [6.07, 6.45) is 7.63. The van der Waals surface area contributed by atoms with Crippen molar-refractivity contribution in [2.45, 2.75) is 43.1 Å². The maximum absolute atomic E-state index is 9.20. The van der Waals surface area contributed by atoms with Crippen LogP contribution in [0.1, 0.15) is 25.7 Å². The first-order valence-electron chi connectivity index (χ1n) is 5.24. The van der Waals surface area contributed by atoms with E-state index in [2.05, 4.69) is 11.2 Å². The molecular formula is C10H19NOS. The van der Waals surface area contributed by atoms with Gasteiger partial charge in [-0.15, -0.1) is 0 Å². The van der Waals surface area contributed by atoms with E-state index in [1.807, 2.05) is 11.8 Å². The van der Waals surface area contributed by atoms with Crippen LogP contribution in [0.2, 0.25) is 0 Å². The molecule has 0 bridgehead atoms. The van der Waals surface area contributed by atoms with E-state index in [0.717, 1.165) is 24.4 Å². The second kappa shape index (κ2) is 4.20. The summed E-state index contributed by atoms with van der Waals surface area (Å²) in [5.74, 6) is 0. The molecule has 0 atom stereocenters. The van der Waals surface area contributed by atoms with Crippen LogP contribution in [0.3, 0.4) is 0 Å². The van der Waals surface area contributed by atoms with Gasteiger partial charge >= 0.3 is 0 Å². The number of aliphatic hydroxyl groups excluding tert-OH is 1. The molecule has 2 rings (SSSR count). The van der Waals surface area contributed by atoms with Gasteiger partial charge in [-0.3, -0.25) is 4.90 Å². The molecule has 0 amide bonds. The van der Waals surface area contributed by atoms with E-state index in [4.69, 9.17) is 0 Å². The molecule has 0 radical (unpaired) electrons. The molecule has 2 fully saturated rings. The van der Waals surface area contributed by atoms with Crippen LogP contribution in [0.15, 0.2) is 0 Å². The van der Waals surface area contributed by atoms with E-state index in [0.29, 0.717) is 0 Å². The minimum absolute atomic E-state index is 0.0294. The minimum atomic E-state index is -0.0294. The van der Waals surface area contributed by atoms with Crippen LogP contribution < -0.4 is 0 Å². The average Bonchev–Trinajstić information content (AvgIpc) is 2.13. The van der Waals surface area contributed by atoms with Crippen molar-refractivity contribution in [1.82, 2.24) is 4.90 Å². The number of likely N-dealkylation sites (tertiary alicyclic amines) is 1. The number of thioether (sulfide) groups is 1. The van der Waals surface area contributed by atoms with Gasteiger partial charge in [0, 0.05) is 24.4 Å². The Bertz CT molecular complexity index is 162. The molecule has 1 heterocycles. The average molecular weight is 201 g/mol. The van der Waals surface area contributed by atoms with Gasteiger partial charge in [-0.05, 0) is 31.9 Å². The lowest BCUT2D eigenvalue weighted by Crippen LogP contribution is -2.56. The van der Waals surface area contributed by atoms with Crippen molar-refractivity contribution in [1.29, 1.82) is 0 Å². The molecule has 0 spiro atoms. The molecule has 2 nitrogen and oxygen atoms in total. The maximum Gasteiger partial charge on any atom is 0.0794 e. The van der Waals surface area contributed by atoms with Gasteiger partial charge in [0.2, 0.25) is 0 Å². The number of nitrogens with zero attached hydrogens (tertiary/aromatic N) is 1. The fraction of sp³-hybridized carbons (Fsp3) is 1.00. The SMILES string of the molecule is CSC1CCC(N2CC(O)C2)CC1. The summed E-state index contributed by atoms with van der Waals surface area (Å²) in [4.78, 5) is 2.45. The first-order chi connectivity index (χ1) is 6.29. The van der Waals surface area contributed by atoms with Gasteiger partial charge in [-0.25, -0.2) is 0 Å². The predicted octanol–water partition coefficient (Wildman–Crippen LogP) is 1.34. The van der Waals surface area contributed by atoms with Gasteiger partial charge in [-0.2, -0.15) is 11.8 Å². The molecule has 0 aromatic rings. The van der Waals surface area contributed by atoms with Crippen molar-refractivity contribution in [3.05, 3.63) is 0 Å². The minimum Gasteiger partial charge on any atom is -0.390 e. The summed E-state index contributed by atoms with van der Waals surface area (Å²) in [6.45, 7) is 1.85. The maximum atomic E-state index is 9.20. The highest BCUT2D eigenvalue weighted by Crippen LogP contribution is 2.31. The van der Waals surface area contributed by atoms with Gasteiger partial charge in [-0.1, -0.05) is 0 Å². The molecule has 1 saturated carbocycles. The third-order valence-electron chi connectivity index (χ3n) is 3.38. The summed E-state index contributed by atoms with van der Waals surface area (Å²) in [6, 6.07) is 0.784. The topological polar surface area (TPSA) is 23.5 Å². The van der Waals surface area contributed by atoms with Crippen LogP contribution in [0.5, 0.6) is 0 Å². The Morgan fingerprint density at radius 1 is 1.15 bits per heavy atom.